The van der Waals surface area contributed by atoms with E-state index in [2.05, 4.69) is 0 Å². The molecule has 6 rings (SSSR count). The summed E-state index contributed by atoms with van der Waals surface area (Å²) in [5.41, 5.74) is 2.36. The molecule has 0 aliphatic carbocycles. The number of hydroxylamine groups is 1. The lowest BCUT2D eigenvalue weighted by atomic mass is 9.90. The minimum absolute atomic E-state index is 0.345. The molecule has 0 N–H and O–H groups in total. The number of benzene rings is 4. The fraction of sp³-hybridized carbons (Fsp3) is 0.156. The monoisotopic (exact) mass is 534 g/mol. The molecule has 2 heterocycles. The highest BCUT2D eigenvalue weighted by atomic mass is 16.7. The van der Waals surface area contributed by atoms with Crippen LogP contribution in [0.4, 0.5) is 11.4 Å². The zero-order chi connectivity index (χ0) is 27.6. The van der Waals surface area contributed by atoms with Gasteiger partial charge in [-0.2, -0.15) is 0 Å². The maximum Gasteiger partial charge on any atom is 0.343 e. The van der Waals surface area contributed by atoms with E-state index in [1.54, 1.807) is 77.9 Å². The van der Waals surface area contributed by atoms with Crippen molar-refractivity contribution in [3.63, 3.8) is 0 Å². The van der Waals surface area contributed by atoms with Crippen molar-refractivity contribution in [2.75, 3.05) is 16.6 Å². The molecular formula is C32H26N2O6. The van der Waals surface area contributed by atoms with Crippen LogP contribution in [0.5, 0.6) is 11.5 Å². The van der Waals surface area contributed by atoms with Crippen molar-refractivity contribution >= 4 is 29.2 Å². The van der Waals surface area contributed by atoms with E-state index in [0.29, 0.717) is 29.4 Å². The average Bonchev–Trinajstić information content (AvgIpc) is 3.50. The second-order valence-electron chi connectivity index (χ2n) is 9.42. The molecule has 0 unspecified atom stereocenters. The van der Waals surface area contributed by atoms with Crippen LogP contribution < -0.4 is 19.4 Å². The van der Waals surface area contributed by atoms with Crippen LogP contribution in [0, 0.1) is 5.92 Å². The number of imide groups is 1. The molecule has 2 aliphatic heterocycles. The Labute approximate surface area is 231 Å². The quantitative estimate of drug-likeness (QED) is 0.179. The Kier molecular flexibility index (Phi) is 6.76. The molecule has 2 amide bonds. The summed E-state index contributed by atoms with van der Waals surface area (Å²) in [6, 6.07) is 31.3. The van der Waals surface area contributed by atoms with E-state index in [0.717, 1.165) is 11.3 Å². The lowest BCUT2D eigenvalue weighted by Crippen LogP contribution is -2.37. The third-order valence-electron chi connectivity index (χ3n) is 6.97. The van der Waals surface area contributed by atoms with Crippen molar-refractivity contribution in [1.82, 2.24) is 0 Å². The van der Waals surface area contributed by atoms with E-state index in [4.69, 9.17) is 14.3 Å². The molecule has 8 nitrogen and oxygen atoms in total. The maximum atomic E-state index is 13.8. The van der Waals surface area contributed by atoms with Crippen LogP contribution >= 0.6 is 0 Å². The second kappa shape index (κ2) is 10.7. The van der Waals surface area contributed by atoms with Crippen molar-refractivity contribution in [1.29, 1.82) is 0 Å². The summed E-state index contributed by atoms with van der Waals surface area (Å²) < 4.78 is 11.0. The molecule has 2 fully saturated rings. The van der Waals surface area contributed by atoms with Gasteiger partial charge in [0.25, 0.3) is 5.91 Å². The number of nitrogens with zero attached hydrogens (tertiary/aromatic N) is 2. The molecule has 40 heavy (non-hydrogen) atoms. The van der Waals surface area contributed by atoms with Crippen molar-refractivity contribution < 1.29 is 28.7 Å². The van der Waals surface area contributed by atoms with Crippen molar-refractivity contribution in [2.24, 2.45) is 5.92 Å². The van der Waals surface area contributed by atoms with Gasteiger partial charge in [-0.25, -0.2) is 14.8 Å². The number of amides is 2. The molecule has 0 spiro atoms. The summed E-state index contributed by atoms with van der Waals surface area (Å²) in [5, 5.41) is 1.63. The van der Waals surface area contributed by atoms with E-state index in [9.17, 15) is 14.4 Å². The highest BCUT2D eigenvalue weighted by Crippen LogP contribution is 2.47. The highest BCUT2D eigenvalue weighted by Gasteiger charge is 2.60. The van der Waals surface area contributed by atoms with Crippen LogP contribution in [0.1, 0.15) is 28.9 Å². The summed E-state index contributed by atoms with van der Waals surface area (Å²) in [4.78, 5) is 47.3. The Bertz CT molecular complexity index is 1520. The third kappa shape index (κ3) is 4.58. The highest BCUT2D eigenvalue weighted by molar-refractivity contribution is 6.24. The molecule has 4 aromatic carbocycles. The van der Waals surface area contributed by atoms with E-state index in [1.807, 2.05) is 43.3 Å². The summed E-state index contributed by atoms with van der Waals surface area (Å²) in [5.74, 6) is -0.992. The van der Waals surface area contributed by atoms with Gasteiger partial charge in [-0.1, -0.05) is 48.5 Å². The molecule has 200 valence electrons. The number of ether oxygens (including phenoxy) is 2. The Morgan fingerprint density at radius 2 is 1.38 bits per heavy atom. The number of para-hydroxylation sites is 1. The standard InChI is InChI=1S/C32H26N2O6/c1-2-38-25-19-15-23(16-20-25)33-30(35)27-28(34(40-29(27)31(33)36)24-11-7-4-8-12-24)21-13-17-26(18-14-21)39-32(37)22-9-5-3-6-10-22/h3-20,27-29H,2H2,1H3/t27-,28+,29-/m1/s1. The lowest BCUT2D eigenvalue weighted by Gasteiger charge is -2.28. The maximum absolute atomic E-state index is 13.8. The number of fused-ring (bicyclic) bond motifs is 1. The second-order valence-corrected chi connectivity index (χ2v) is 9.42. The minimum atomic E-state index is -0.986. The number of esters is 1. The van der Waals surface area contributed by atoms with Crippen molar-refractivity contribution in [3.8, 4) is 11.5 Å². The molecule has 8 heteroatoms. The van der Waals surface area contributed by atoms with E-state index in [-0.39, 0.29) is 5.91 Å². The number of rotatable bonds is 7. The molecule has 2 aliphatic rings. The van der Waals surface area contributed by atoms with Gasteiger partial charge in [-0.3, -0.25) is 14.4 Å². The van der Waals surface area contributed by atoms with Crippen LogP contribution in [0.15, 0.2) is 109 Å². The Balaban J connectivity index is 1.30. The first kappa shape index (κ1) is 25.3. The largest absolute Gasteiger partial charge is 0.494 e. The van der Waals surface area contributed by atoms with Crippen LogP contribution in [0.25, 0.3) is 0 Å². The molecule has 2 saturated heterocycles. The van der Waals surface area contributed by atoms with Crippen LogP contribution in [-0.4, -0.2) is 30.5 Å². The molecule has 0 aromatic heterocycles. The van der Waals surface area contributed by atoms with Gasteiger partial charge < -0.3 is 9.47 Å². The number of carbonyl (C=O) groups excluding carboxylic acids is 3. The summed E-state index contributed by atoms with van der Waals surface area (Å²) in [6.07, 6.45) is -0.986. The van der Waals surface area contributed by atoms with Gasteiger partial charge >= 0.3 is 5.97 Å². The van der Waals surface area contributed by atoms with Crippen LogP contribution in [-0.2, 0) is 14.4 Å². The van der Waals surface area contributed by atoms with Gasteiger partial charge in [0.2, 0.25) is 5.91 Å². The zero-order valence-electron chi connectivity index (χ0n) is 21.7. The Hall–Kier alpha value is -4.95. The van der Waals surface area contributed by atoms with Crippen LogP contribution in [0.2, 0.25) is 0 Å². The summed E-state index contributed by atoms with van der Waals surface area (Å²) in [7, 11) is 0. The molecule has 0 bridgehead atoms. The predicted molar refractivity (Wildman–Crippen MR) is 148 cm³/mol. The minimum Gasteiger partial charge on any atom is -0.494 e. The fourth-order valence-corrected chi connectivity index (χ4v) is 5.14. The molecular weight excluding hydrogens is 508 g/mol. The number of hydrogen-bond acceptors (Lipinski definition) is 7. The average molecular weight is 535 g/mol. The molecule has 0 radical (unpaired) electrons. The normalized spacial score (nSPS) is 20.0. The SMILES string of the molecule is CCOc1ccc(N2C(=O)[C@H]3[C@@H](ON(c4ccccc4)[C@H]3c3ccc(OC(=O)c4ccccc4)cc3)C2=O)cc1. The first-order valence-corrected chi connectivity index (χ1v) is 13.0. The van der Waals surface area contributed by atoms with Gasteiger partial charge in [-0.05, 0) is 73.2 Å². The van der Waals surface area contributed by atoms with Gasteiger partial charge in [0.1, 0.15) is 17.4 Å². The Morgan fingerprint density at radius 1 is 0.750 bits per heavy atom. The molecule has 4 aromatic rings. The first-order valence-electron chi connectivity index (χ1n) is 13.0. The first-order chi connectivity index (χ1) is 19.5. The topological polar surface area (TPSA) is 85.4 Å². The van der Waals surface area contributed by atoms with Crippen molar-refractivity contribution in [3.05, 3.63) is 120 Å². The van der Waals surface area contributed by atoms with Gasteiger partial charge in [0.15, 0.2) is 6.10 Å². The summed E-state index contributed by atoms with van der Waals surface area (Å²) >= 11 is 0. The molecule has 0 saturated carbocycles. The fourth-order valence-electron chi connectivity index (χ4n) is 5.14. The summed E-state index contributed by atoms with van der Waals surface area (Å²) in [6.45, 7) is 2.40. The zero-order valence-corrected chi connectivity index (χ0v) is 21.7. The molecule has 3 atom stereocenters. The van der Waals surface area contributed by atoms with Gasteiger partial charge in [0.05, 0.1) is 29.6 Å². The Morgan fingerprint density at radius 3 is 2.02 bits per heavy atom. The number of hydrogen-bond donors (Lipinski definition) is 0. The van der Waals surface area contributed by atoms with Crippen LogP contribution in [0.3, 0.4) is 0 Å². The van der Waals surface area contributed by atoms with Gasteiger partial charge in [0, 0.05) is 0 Å². The lowest BCUT2D eigenvalue weighted by molar-refractivity contribution is -0.126. The van der Waals surface area contributed by atoms with Gasteiger partial charge in [-0.15, -0.1) is 0 Å². The smallest absolute Gasteiger partial charge is 0.343 e. The predicted octanol–water partition coefficient (Wildman–Crippen LogP) is 5.36. The van der Waals surface area contributed by atoms with E-state index in [1.165, 1.54) is 4.90 Å². The third-order valence-corrected chi connectivity index (χ3v) is 6.97. The number of carbonyl (C=O) groups is 3. The number of anilines is 2. The van der Waals surface area contributed by atoms with Crippen molar-refractivity contribution in [2.45, 2.75) is 19.1 Å². The van der Waals surface area contributed by atoms with E-state index < -0.39 is 29.9 Å². The van der Waals surface area contributed by atoms with E-state index >= 15 is 0 Å².